The van der Waals surface area contributed by atoms with E-state index in [1.165, 1.54) is 12.3 Å². The van der Waals surface area contributed by atoms with Gasteiger partial charge in [-0.25, -0.2) is 4.79 Å². The Kier molecular flexibility index (Phi) is 2.76. The first-order valence-electron chi connectivity index (χ1n) is 6.36. The van der Waals surface area contributed by atoms with Crippen molar-refractivity contribution in [3.05, 3.63) is 53.7 Å². The highest BCUT2D eigenvalue weighted by Crippen LogP contribution is 2.48. The number of benzene rings is 1. The molecular weight excluding hydrogens is 252 g/mol. The molecule has 1 aliphatic rings. The summed E-state index contributed by atoms with van der Waals surface area (Å²) in [7, 11) is 0. The van der Waals surface area contributed by atoms with E-state index < -0.39 is 5.97 Å². The maximum Gasteiger partial charge on any atom is 0.337 e. The molecule has 0 bridgehead atoms. The Labute approximate surface area is 116 Å². The Balaban J connectivity index is 1.97. The molecule has 0 amide bonds. The van der Waals surface area contributed by atoms with Gasteiger partial charge >= 0.3 is 5.97 Å². The molecule has 0 saturated heterocycles. The van der Waals surface area contributed by atoms with E-state index in [0.29, 0.717) is 5.69 Å². The van der Waals surface area contributed by atoms with Crippen LogP contribution < -0.4 is 0 Å². The van der Waals surface area contributed by atoms with Gasteiger partial charge in [-0.2, -0.15) is 5.26 Å². The third-order valence-corrected chi connectivity index (χ3v) is 3.69. The van der Waals surface area contributed by atoms with Crippen molar-refractivity contribution in [2.24, 2.45) is 0 Å². The molecular formula is C16H12N2O2. The number of pyridine rings is 1. The third-order valence-electron chi connectivity index (χ3n) is 3.69. The van der Waals surface area contributed by atoms with E-state index in [2.05, 4.69) is 11.1 Å². The van der Waals surface area contributed by atoms with Crippen molar-refractivity contribution >= 4 is 5.97 Å². The van der Waals surface area contributed by atoms with Crippen molar-refractivity contribution < 1.29 is 9.90 Å². The lowest BCUT2D eigenvalue weighted by Gasteiger charge is -2.08. The van der Waals surface area contributed by atoms with Crippen molar-refractivity contribution in [1.82, 2.24) is 4.98 Å². The van der Waals surface area contributed by atoms with Gasteiger partial charge in [-0.3, -0.25) is 4.98 Å². The molecule has 0 unspecified atom stereocenters. The van der Waals surface area contributed by atoms with Crippen LogP contribution >= 0.6 is 0 Å². The lowest BCUT2D eigenvalue weighted by molar-refractivity contribution is 0.0696. The van der Waals surface area contributed by atoms with E-state index >= 15 is 0 Å². The molecule has 98 valence electrons. The first-order chi connectivity index (χ1) is 9.64. The Morgan fingerprint density at radius 1 is 1.30 bits per heavy atom. The number of nitriles is 1. The molecule has 1 N–H and O–H groups in total. The van der Waals surface area contributed by atoms with Gasteiger partial charge in [-0.05, 0) is 36.6 Å². The molecule has 0 aliphatic heterocycles. The smallest absolute Gasteiger partial charge is 0.337 e. The SMILES string of the molecule is N#CC1(c2cccc(-c3ccc(C(=O)O)cn3)c2)CC1. The van der Waals surface area contributed by atoms with Crippen molar-refractivity contribution in [1.29, 1.82) is 5.26 Å². The van der Waals surface area contributed by atoms with Gasteiger partial charge in [0, 0.05) is 11.8 Å². The summed E-state index contributed by atoms with van der Waals surface area (Å²) in [5, 5.41) is 18.1. The molecule has 1 aromatic heterocycles. The van der Waals surface area contributed by atoms with Crippen molar-refractivity contribution in [3.63, 3.8) is 0 Å². The molecule has 1 saturated carbocycles. The van der Waals surface area contributed by atoms with E-state index in [9.17, 15) is 10.1 Å². The first kappa shape index (κ1) is 12.4. The fraction of sp³-hybridized carbons (Fsp3) is 0.188. The lowest BCUT2D eigenvalue weighted by atomic mass is 9.95. The van der Waals surface area contributed by atoms with E-state index in [0.717, 1.165) is 24.0 Å². The molecule has 0 spiro atoms. The number of rotatable bonds is 3. The second-order valence-electron chi connectivity index (χ2n) is 5.01. The summed E-state index contributed by atoms with van der Waals surface area (Å²) in [5.74, 6) is -0.987. The van der Waals surface area contributed by atoms with Crippen molar-refractivity contribution in [2.75, 3.05) is 0 Å². The summed E-state index contributed by atoms with van der Waals surface area (Å²) in [6, 6.07) is 13.4. The van der Waals surface area contributed by atoms with Gasteiger partial charge in [0.1, 0.15) is 0 Å². The molecule has 3 rings (SSSR count). The Morgan fingerprint density at radius 2 is 2.10 bits per heavy atom. The average molecular weight is 264 g/mol. The number of carboxylic acids is 1. The van der Waals surface area contributed by atoms with E-state index in [1.54, 1.807) is 6.07 Å². The van der Waals surface area contributed by atoms with Crippen LogP contribution in [0.2, 0.25) is 0 Å². The van der Waals surface area contributed by atoms with Crippen LogP contribution in [-0.4, -0.2) is 16.1 Å². The van der Waals surface area contributed by atoms with Crippen molar-refractivity contribution in [3.8, 4) is 17.3 Å². The highest BCUT2D eigenvalue weighted by atomic mass is 16.4. The molecule has 4 nitrogen and oxygen atoms in total. The Bertz CT molecular complexity index is 710. The summed E-state index contributed by atoms with van der Waals surface area (Å²) in [4.78, 5) is 15.0. The van der Waals surface area contributed by atoms with Crippen LogP contribution in [0.15, 0.2) is 42.6 Å². The maximum atomic E-state index is 10.8. The molecule has 20 heavy (non-hydrogen) atoms. The summed E-state index contributed by atoms with van der Waals surface area (Å²) in [6.45, 7) is 0. The number of nitrogens with zero attached hydrogens (tertiary/aromatic N) is 2. The first-order valence-corrected chi connectivity index (χ1v) is 6.36. The minimum absolute atomic E-state index is 0.167. The van der Waals surface area contributed by atoms with Gasteiger partial charge in [-0.1, -0.05) is 18.2 Å². The largest absolute Gasteiger partial charge is 0.478 e. The van der Waals surface area contributed by atoms with Gasteiger partial charge in [0.15, 0.2) is 0 Å². The zero-order valence-electron chi connectivity index (χ0n) is 10.7. The second kappa shape index (κ2) is 4.46. The van der Waals surface area contributed by atoms with Gasteiger partial charge < -0.3 is 5.11 Å². The van der Waals surface area contributed by atoms with Gasteiger partial charge in [0.05, 0.1) is 22.7 Å². The summed E-state index contributed by atoms with van der Waals surface area (Å²) >= 11 is 0. The number of hydrogen-bond acceptors (Lipinski definition) is 3. The molecule has 2 aromatic rings. The van der Waals surface area contributed by atoms with Gasteiger partial charge in [0.25, 0.3) is 0 Å². The predicted octanol–water partition coefficient (Wildman–Crippen LogP) is 3.00. The van der Waals surface area contributed by atoms with Crippen LogP contribution in [0, 0.1) is 11.3 Å². The van der Waals surface area contributed by atoms with E-state index in [4.69, 9.17) is 5.11 Å². The van der Waals surface area contributed by atoms with Crippen LogP contribution in [0.1, 0.15) is 28.8 Å². The fourth-order valence-corrected chi connectivity index (χ4v) is 2.26. The summed E-state index contributed by atoms with van der Waals surface area (Å²) < 4.78 is 0. The van der Waals surface area contributed by atoms with Gasteiger partial charge in [0.2, 0.25) is 0 Å². The molecule has 1 heterocycles. The molecule has 1 fully saturated rings. The quantitative estimate of drug-likeness (QED) is 0.924. The number of hydrogen-bond donors (Lipinski definition) is 1. The van der Waals surface area contributed by atoms with Crippen LogP contribution in [0.25, 0.3) is 11.3 Å². The minimum Gasteiger partial charge on any atom is -0.478 e. The summed E-state index contributed by atoms with van der Waals surface area (Å²) in [6.07, 6.45) is 3.15. The zero-order valence-corrected chi connectivity index (χ0v) is 10.7. The average Bonchev–Trinajstić information content (AvgIpc) is 3.29. The number of carbonyl (C=O) groups is 1. The maximum absolute atomic E-state index is 10.8. The molecule has 0 atom stereocenters. The second-order valence-corrected chi connectivity index (χ2v) is 5.01. The van der Waals surface area contributed by atoms with Crippen LogP contribution in [0.4, 0.5) is 0 Å². The van der Waals surface area contributed by atoms with E-state index in [-0.39, 0.29) is 11.0 Å². The Hall–Kier alpha value is -2.67. The highest BCUT2D eigenvalue weighted by Gasteiger charge is 2.44. The molecule has 1 aliphatic carbocycles. The van der Waals surface area contributed by atoms with E-state index in [1.807, 2.05) is 24.3 Å². The number of aromatic nitrogens is 1. The van der Waals surface area contributed by atoms with Crippen LogP contribution in [0.5, 0.6) is 0 Å². The Morgan fingerprint density at radius 3 is 2.65 bits per heavy atom. The minimum atomic E-state index is -0.987. The van der Waals surface area contributed by atoms with Crippen LogP contribution in [0.3, 0.4) is 0 Å². The molecule has 0 radical (unpaired) electrons. The third kappa shape index (κ3) is 2.04. The monoisotopic (exact) mass is 264 g/mol. The highest BCUT2D eigenvalue weighted by molar-refractivity contribution is 5.87. The zero-order chi connectivity index (χ0) is 14.2. The summed E-state index contributed by atoms with van der Waals surface area (Å²) in [5.41, 5.74) is 2.48. The molecule has 1 aromatic carbocycles. The number of aromatic carboxylic acids is 1. The van der Waals surface area contributed by atoms with Crippen LogP contribution in [-0.2, 0) is 5.41 Å². The predicted molar refractivity (Wildman–Crippen MR) is 73.2 cm³/mol. The topological polar surface area (TPSA) is 74.0 Å². The number of carboxylic acid groups (broad SMARTS) is 1. The standard InChI is InChI=1S/C16H12N2O2/c17-10-16(6-7-16)13-3-1-2-11(8-13)14-5-4-12(9-18-14)15(19)20/h1-5,8-9H,6-7H2,(H,19,20). The van der Waals surface area contributed by atoms with Gasteiger partial charge in [-0.15, -0.1) is 0 Å². The normalized spacial score (nSPS) is 15.3. The lowest BCUT2D eigenvalue weighted by Crippen LogP contribution is -2.02. The van der Waals surface area contributed by atoms with Crippen molar-refractivity contribution in [2.45, 2.75) is 18.3 Å². The fourth-order valence-electron chi connectivity index (χ4n) is 2.26. The molecule has 4 heteroatoms.